The minimum atomic E-state index is -0.618. The predicted octanol–water partition coefficient (Wildman–Crippen LogP) is 7.63. The first kappa shape index (κ1) is 36.0. The lowest BCUT2D eigenvalue weighted by atomic mass is 9.96. The third kappa shape index (κ3) is 9.67. The van der Waals surface area contributed by atoms with Gasteiger partial charge >= 0.3 is 5.97 Å². The second kappa shape index (κ2) is 17.4. The number of nitro groups is 1. The van der Waals surface area contributed by atoms with Crippen molar-refractivity contribution in [1.82, 2.24) is 5.32 Å². The largest absolute Gasteiger partial charge is 0.462 e. The SMILES string of the molecule is CCOC(=O)c1c(NC(=O)CSc2cccc(NC(=O)/C(=C\c3ccc([N+](=O)[O-])cc3)NC(=O)c3ccccc3)c2)sc2c1CCCCCC2. The Morgan fingerprint density at radius 3 is 2.38 bits per heavy atom. The molecule has 1 aliphatic rings. The van der Waals surface area contributed by atoms with Crippen molar-refractivity contribution in [3.63, 3.8) is 0 Å². The summed E-state index contributed by atoms with van der Waals surface area (Å²) in [6, 6.07) is 20.9. The topological polar surface area (TPSA) is 157 Å². The second-order valence-electron chi connectivity index (χ2n) is 11.4. The van der Waals surface area contributed by atoms with Gasteiger partial charge in [-0.3, -0.25) is 24.5 Å². The highest BCUT2D eigenvalue weighted by atomic mass is 32.2. The Labute approximate surface area is 297 Å². The summed E-state index contributed by atoms with van der Waals surface area (Å²) in [6.07, 6.45) is 7.36. The molecular formula is C37H36N4O7S2. The first-order valence-corrected chi connectivity index (χ1v) is 18.0. The zero-order chi connectivity index (χ0) is 35.5. The molecule has 0 bridgehead atoms. The van der Waals surface area contributed by atoms with Gasteiger partial charge < -0.3 is 20.7 Å². The highest BCUT2D eigenvalue weighted by molar-refractivity contribution is 8.00. The number of esters is 1. The van der Waals surface area contributed by atoms with E-state index in [0.717, 1.165) is 49.0 Å². The van der Waals surface area contributed by atoms with Crippen LogP contribution in [-0.4, -0.2) is 41.0 Å². The molecule has 0 atom stereocenters. The molecule has 3 aromatic carbocycles. The van der Waals surface area contributed by atoms with Crippen LogP contribution in [0.2, 0.25) is 0 Å². The third-order valence-electron chi connectivity index (χ3n) is 7.81. The fraction of sp³-hybridized carbons (Fsp3) is 0.243. The number of fused-ring (bicyclic) bond motifs is 1. The maximum atomic E-state index is 13.5. The van der Waals surface area contributed by atoms with Crippen LogP contribution in [0.4, 0.5) is 16.4 Å². The van der Waals surface area contributed by atoms with Crippen LogP contribution in [0.5, 0.6) is 0 Å². The highest BCUT2D eigenvalue weighted by Gasteiger charge is 2.26. The molecule has 258 valence electrons. The van der Waals surface area contributed by atoms with Crippen molar-refractivity contribution in [3.05, 3.63) is 122 Å². The standard InChI is InChI=1S/C37H36N4O7S2/c1-2-48-37(45)33-29-15-8-3-4-9-16-31(29)50-36(33)40-32(42)23-49-28-14-10-13-26(22-28)38-35(44)30(39-34(43)25-11-6-5-7-12-25)21-24-17-19-27(20-18-24)41(46)47/h5-7,10-14,17-22H,2-4,8-9,15-16,23H2,1H3,(H,38,44)(H,39,43)(H,40,42)/b30-21+. The van der Waals surface area contributed by atoms with E-state index in [1.165, 1.54) is 53.4 Å². The number of hydrogen-bond acceptors (Lipinski definition) is 9. The average Bonchev–Trinajstić information content (AvgIpc) is 3.43. The van der Waals surface area contributed by atoms with Crippen LogP contribution in [0.3, 0.4) is 0 Å². The highest BCUT2D eigenvalue weighted by Crippen LogP contribution is 2.38. The van der Waals surface area contributed by atoms with Gasteiger partial charge in [-0.2, -0.15) is 0 Å². The number of benzene rings is 3. The summed E-state index contributed by atoms with van der Waals surface area (Å²) < 4.78 is 5.35. The molecule has 13 heteroatoms. The van der Waals surface area contributed by atoms with Crippen molar-refractivity contribution < 1.29 is 28.8 Å². The van der Waals surface area contributed by atoms with E-state index in [9.17, 15) is 29.3 Å². The first-order valence-electron chi connectivity index (χ1n) is 16.2. The van der Waals surface area contributed by atoms with E-state index in [1.807, 2.05) is 0 Å². The van der Waals surface area contributed by atoms with Gasteiger partial charge in [-0.1, -0.05) is 37.1 Å². The quantitative estimate of drug-likeness (QED) is 0.0445. The summed E-state index contributed by atoms with van der Waals surface area (Å²) in [7, 11) is 0. The van der Waals surface area contributed by atoms with E-state index < -0.39 is 22.7 Å². The zero-order valence-electron chi connectivity index (χ0n) is 27.4. The number of non-ortho nitro benzene ring substituents is 1. The molecule has 50 heavy (non-hydrogen) atoms. The van der Waals surface area contributed by atoms with E-state index in [4.69, 9.17) is 4.74 Å². The third-order valence-corrected chi connectivity index (χ3v) is 10.0. The van der Waals surface area contributed by atoms with Crippen molar-refractivity contribution in [2.45, 2.75) is 50.3 Å². The van der Waals surface area contributed by atoms with Crippen LogP contribution < -0.4 is 16.0 Å². The van der Waals surface area contributed by atoms with Gasteiger partial charge in [-0.05, 0) is 92.3 Å². The number of carbonyl (C=O) groups is 4. The lowest BCUT2D eigenvalue weighted by Gasteiger charge is -2.12. The number of rotatable bonds is 12. The van der Waals surface area contributed by atoms with E-state index in [0.29, 0.717) is 32.3 Å². The summed E-state index contributed by atoms with van der Waals surface area (Å²) in [5, 5.41) is 20.0. The minimum absolute atomic E-state index is 0.0562. The molecule has 0 saturated carbocycles. The molecule has 0 unspecified atom stereocenters. The minimum Gasteiger partial charge on any atom is -0.462 e. The summed E-state index contributed by atoms with van der Waals surface area (Å²) in [4.78, 5) is 64.9. The van der Waals surface area contributed by atoms with Crippen LogP contribution in [0, 0.1) is 10.1 Å². The molecule has 0 aliphatic heterocycles. The van der Waals surface area contributed by atoms with Gasteiger partial charge in [-0.15, -0.1) is 23.1 Å². The van der Waals surface area contributed by atoms with Gasteiger partial charge in [0, 0.05) is 33.2 Å². The van der Waals surface area contributed by atoms with Crippen molar-refractivity contribution in [2.75, 3.05) is 23.0 Å². The number of nitrogens with one attached hydrogen (secondary N) is 3. The number of ether oxygens (including phenoxy) is 1. The van der Waals surface area contributed by atoms with Crippen LogP contribution in [0.1, 0.15) is 69.3 Å². The number of amides is 3. The number of nitrogens with zero attached hydrogens (tertiary/aromatic N) is 1. The van der Waals surface area contributed by atoms with Crippen molar-refractivity contribution in [1.29, 1.82) is 0 Å². The number of thioether (sulfide) groups is 1. The molecule has 1 aliphatic carbocycles. The number of anilines is 2. The number of carbonyl (C=O) groups excluding carboxylic acids is 4. The van der Waals surface area contributed by atoms with Gasteiger partial charge in [-0.25, -0.2) is 4.79 Å². The average molecular weight is 713 g/mol. The van der Waals surface area contributed by atoms with Crippen LogP contribution in [-0.2, 0) is 27.2 Å². The van der Waals surface area contributed by atoms with Crippen LogP contribution in [0.25, 0.3) is 6.08 Å². The van der Waals surface area contributed by atoms with Crippen molar-refractivity contribution in [3.8, 4) is 0 Å². The van der Waals surface area contributed by atoms with E-state index in [2.05, 4.69) is 16.0 Å². The maximum absolute atomic E-state index is 13.5. The Balaban J connectivity index is 1.28. The number of thiophene rings is 1. The molecular weight excluding hydrogens is 677 g/mol. The Morgan fingerprint density at radius 2 is 1.66 bits per heavy atom. The Morgan fingerprint density at radius 1 is 0.920 bits per heavy atom. The fourth-order valence-corrected chi connectivity index (χ4v) is 7.45. The Bertz CT molecular complexity index is 1910. The Kier molecular flexibility index (Phi) is 12.5. The molecule has 1 heterocycles. The van der Waals surface area contributed by atoms with Gasteiger partial charge in [0.15, 0.2) is 0 Å². The molecule has 5 rings (SSSR count). The van der Waals surface area contributed by atoms with E-state index >= 15 is 0 Å². The van der Waals surface area contributed by atoms with E-state index in [1.54, 1.807) is 61.5 Å². The smallest absolute Gasteiger partial charge is 0.341 e. The van der Waals surface area contributed by atoms with Gasteiger partial charge in [0.25, 0.3) is 17.5 Å². The second-order valence-corrected chi connectivity index (χ2v) is 13.5. The Hall–Kier alpha value is -5.27. The normalized spacial score (nSPS) is 12.9. The zero-order valence-corrected chi connectivity index (χ0v) is 29.0. The molecule has 1 aromatic heterocycles. The lowest BCUT2D eigenvalue weighted by molar-refractivity contribution is -0.384. The van der Waals surface area contributed by atoms with Crippen LogP contribution >= 0.6 is 23.1 Å². The summed E-state index contributed by atoms with van der Waals surface area (Å²) >= 11 is 2.71. The van der Waals surface area contributed by atoms with Crippen LogP contribution in [0.15, 0.2) is 89.5 Å². The van der Waals surface area contributed by atoms with Crippen molar-refractivity contribution in [2.24, 2.45) is 0 Å². The molecule has 0 fully saturated rings. The van der Waals surface area contributed by atoms with Gasteiger partial charge in [0.1, 0.15) is 10.7 Å². The first-order chi connectivity index (χ1) is 24.2. The molecule has 11 nitrogen and oxygen atoms in total. The molecule has 0 radical (unpaired) electrons. The lowest BCUT2D eigenvalue weighted by Crippen LogP contribution is -2.30. The summed E-state index contributed by atoms with van der Waals surface area (Å²) in [5.41, 5.74) is 2.50. The molecule has 0 spiro atoms. The summed E-state index contributed by atoms with van der Waals surface area (Å²) in [6.45, 7) is 2.00. The van der Waals surface area contributed by atoms with Gasteiger partial charge in [0.2, 0.25) is 5.91 Å². The number of aryl methyl sites for hydroxylation is 1. The fourth-order valence-electron chi connectivity index (χ4n) is 5.40. The molecule has 3 N–H and O–H groups in total. The molecule has 0 saturated heterocycles. The van der Waals surface area contributed by atoms with Gasteiger partial charge in [0.05, 0.1) is 22.8 Å². The molecule has 4 aromatic rings. The summed E-state index contributed by atoms with van der Waals surface area (Å²) in [5.74, 6) is -1.76. The van der Waals surface area contributed by atoms with Crippen molar-refractivity contribution >= 4 is 69.2 Å². The number of nitro benzene ring substituents is 1. The predicted molar refractivity (Wildman–Crippen MR) is 196 cm³/mol. The molecule has 3 amide bonds. The maximum Gasteiger partial charge on any atom is 0.341 e. The number of hydrogen-bond donors (Lipinski definition) is 3. The monoisotopic (exact) mass is 712 g/mol. The van der Waals surface area contributed by atoms with E-state index in [-0.39, 0.29) is 29.7 Å².